The molecule has 6 heteroatoms. The van der Waals surface area contributed by atoms with Crippen molar-refractivity contribution in [3.63, 3.8) is 0 Å². The summed E-state index contributed by atoms with van der Waals surface area (Å²) in [6.07, 6.45) is 0. The Morgan fingerprint density at radius 2 is 1.78 bits per heavy atom. The van der Waals surface area contributed by atoms with Gasteiger partial charge in [0.2, 0.25) is 0 Å². The number of nitrogens with one attached hydrogen (secondary N) is 2. The first-order valence-electron chi connectivity index (χ1n) is 7.04. The van der Waals surface area contributed by atoms with E-state index in [1.54, 1.807) is 0 Å². The first-order chi connectivity index (χ1) is 11.1. The van der Waals surface area contributed by atoms with E-state index in [2.05, 4.69) is 15.1 Å². The molecule has 0 unspecified atom stereocenters. The normalized spacial score (nSPS) is 11.4. The fraction of sp³-hybridized carbons (Fsp3) is 0.0588. The molecule has 23 heavy (non-hydrogen) atoms. The lowest BCUT2D eigenvalue weighted by atomic mass is 10.1. The number of aryl methyl sites for hydroxylation is 1. The van der Waals surface area contributed by atoms with Gasteiger partial charge < -0.3 is 15.1 Å². The first-order valence-corrected chi connectivity index (χ1v) is 7.04. The molecule has 2 aromatic carbocycles. The molecule has 0 aliphatic heterocycles. The summed E-state index contributed by atoms with van der Waals surface area (Å²) in [6.45, 7) is 1.92. The Hall–Kier alpha value is -3.15. The second-order valence-electron chi connectivity index (χ2n) is 5.53. The van der Waals surface area contributed by atoms with E-state index in [0.717, 1.165) is 11.1 Å². The van der Waals surface area contributed by atoms with Crippen LogP contribution in [0.3, 0.4) is 0 Å². The third-order valence-electron chi connectivity index (χ3n) is 4.01. The van der Waals surface area contributed by atoms with Crippen LogP contribution in [-0.2, 0) is 0 Å². The zero-order chi connectivity index (χ0) is 16.1. The van der Waals surface area contributed by atoms with E-state index < -0.39 is 5.82 Å². The van der Waals surface area contributed by atoms with Crippen molar-refractivity contribution in [2.45, 2.75) is 6.92 Å². The van der Waals surface area contributed by atoms with Gasteiger partial charge in [0, 0.05) is 21.8 Å². The van der Waals surface area contributed by atoms with Gasteiger partial charge in [-0.1, -0.05) is 11.6 Å². The number of aromatic nitrogens is 2. The van der Waals surface area contributed by atoms with Crippen LogP contribution in [0.15, 0.2) is 41.6 Å². The van der Waals surface area contributed by atoms with Crippen LogP contribution in [0.1, 0.15) is 5.56 Å². The van der Waals surface area contributed by atoms with Crippen LogP contribution >= 0.6 is 0 Å². The maximum atomic E-state index is 13.6. The highest BCUT2D eigenvalue weighted by atomic mass is 19.1. The zero-order valence-corrected chi connectivity index (χ0v) is 12.1. The lowest BCUT2D eigenvalue weighted by Crippen LogP contribution is -1.78. The maximum absolute atomic E-state index is 13.6. The van der Waals surface area contributed by atoms with Gasteiger partial charge in [0.25, 0.3) is 0 Å². The monoisotopic (exact) mass is 309 g/mol. The Morgan fingerprint density at radius 1 is 1.04 bits per heavy atom. The summed E-state index contributed by atoms with van der Waals surface area (Å²) in [5.74, 6) is -0.566. The molecule has 0 saturated carbocycles. The third-order valence-corrected chi connectivity index (χ3v) is 4.01. The van der Waals surface area contributed by atoms with Crippen LogP contribution in [-0.4, -0.2) is 15.1 Å². The maximum Gasteiger partial charge on any atom is 0.199 e. The van der Waals surface area contributed by atoms with Crippen LogP contribution in [0.2, 0.25) is 0 Å². The highest BCUT2D eigenvalue weighted by Gasteiger charge is 2.21. The van der Waals surface area contributed by atoms with Crippen LogP contribution in [0.5, 0.6) is 5.88 Å². The van der Waals surface area contributed by atoms with Gasteiger partial charge in [0.1, 0.15) is 11.5 Å². The molecule has 4 rings (SSSR count). The first kappa shape index (κ1) is 13.5. The summed E-state index contributed by atoms with van der Waals surface area (Å²) in [6, 6.07) is 9.75. The van der Waals surface area contributed by atoms with Gasteiger partial charge in [-0.3, -0.25) is 0 Å². The van der Waals surface area contributed by atoms with E-state index >= 15 is 0 Å². The summed E-state index contributed by atoms with van der Waals surface area (Å²) in [4.78, 5) is 17.3. The van der Waals surface area contributed by atoms with Crippen molar-refractivity contribution in [1.29, 1.82) is 0 Å². The fourth-order valence-corrected chi connectivity index (χ4v) is 2.97. The molecular weight excluding hydrogens is 297 g/mol. The predicted octanol–water partition coefficient (Wildman–Crippen LogP) is 4.87. The summed E-state index contributed by atoms with van der Waals surface area (Å²) in [7, 11) is 0. The molecule has 0 aliphatic rings. The number of nitrogens with zero attached hydrogens (tertiary/aromatic N) is 1. The highest BCUT2D eigenvalue weighted by molar-refractivity contribution is 6.07. The highest BCUT2D eigenvalue weighted by Crippen LogP contribution is 2.44. The number of nitroso groups, excluding NO2 is 1. The lowest BCUT2D eigenvalue weighted by Gasteiger charge is -1.99. The van der Waals surface area contributed by atoms with Crippen molar-refractivity contribution in [3.05, 3.63) is 52.7 Å². The standard InChI is InChI=1S/C17H12FN3O2/c1-8-2-4-13-11(6-8)15(21-23)16(19-13)14-10-7-9(18)3-5-12(10)20-17(14)22/h2-7,19-20,22H,1H3. The molecule has 3 N–H and O–H groups in total. The number of benzene rings is 2. The van der Waals surface area contributed by atoms with Crippen LogP contribution in [0.4, 0.5) is 10.1 Å². The topological polar surface area (TPSA) is 81.2 Å². The molecule has 5 nitrogen and oxygen atoms in total. The molecule has 114 valence electrons. The predicted molar refractivity (Wildman–Crippen MR) is 87.4 cm³/mol. The Labute approximate surface area is 129 Å². The molecule has 0 radical (unpaired) electrons. The minimum atomic E-state index is -0.426. The van der Waals surface area contributed by atoms with Crippen LogP contribution in [0.25, 0.3) is 33.1 Å². The molecule has 0 aliphatic carbocycles. The Balaban J connectivity index is 2.12. The van der Waals surface area contributed by atoms with Crippen molar-refractivity contribution in [1.82, 2.24) is 9.97 Å². The smallest absolute Gasteiger partial charge is 0.199 e. The van der Waals surface area contributed by atoms with Gasteiger partial charge in [0.05, 0.1) is 11.3 Å². The van der Waals surface area contributed by atoms with E-state index in [0.29, 0.717) is 27.5 Å². The number of aromatic amines is 2. The van der Waals surface area contributed by atoms with Crippen LogP contribution < -0.4 is 0 Å². The number of H-pyrrole nitrogens is 2. The van der Waals surface area contributed by atoms with Gasteiger partial charge in [0.15, 0.2) is 5.88 Å². The summed E-state index contributed by atoms with van der Waals surface area (Å²) in [5.41, 5.74) is 3.19. The van der Waals surface area contributed by atoms with Gasteiger partial charge in [-0.15, -0.1) is 4.91 Å². The Bertz CT molecular complexity index is 1080. The lowest BCUT2D eigenvalue weighted by molar-refractivity contribution is 0.460. The molecule has 0 atom stereocenters. The van der Waals surface area contributed by atoms with Gasteiger partial charge in [-0.05, 0) is 42.4 Å². The van der Waals surface area contributed by atoms with Gasteiger partial charge in [-0.25, -0.2) is 4.39 Å². The van der Waals surface area contributed by atoms with E-state index in [4.69, 9.17) is 0 Å². The number of fused-ring (bicyclic) bond motifs is 2. The van der Waals surface area contributed by atoms with Crippen LogP contribution in [0, 0.1) is 17.6 Å². The number of aromatic hydroxyl groups is 1. The fourth-order valence-electron chi connectivity index (χ4n) is 2.97. The Morgan fingerprint density at radius 3 is 2.57 bits per heavy atom. The average Bonchev–Trinajstić information content (AvgIpc) is 3.02. The minimum absolute atomic E-state index is 0.140. The van der Waals surface area contributed by atoms with Gasteiger partial charge >= 0.3 is 0 Å². The number of hydrogen-bond donors (Lipinski definition) is 3. The van der Waals surface area contributed by atoms with Crippen molar-refractivity contribution in [2.75, 3.05) is 0 Å². The average molecular weight is 309 g/mol. The summed E-state index contributed by atoms with van der Waals surface area (Å²) >= 11 is 0. The number of halogens is 1. The Kier molecular flexibility index (Phi) is 2.74. The quantitative estimate of drug-likeness (QED) is 0.462. The second kappa shape index (κ2) is 4.67. The molecule has 0 amide bonds. The van der Waals surface area contributed by atoms with E-state index in [9.17, 15) is 14.4 Å². The van der Waals surface area contributed by atoms with Crippen molar-refractivity contribution in [2.24, 2.45) is 5.18 Å². The van der Waals surface area contributed by atoms with Crippen molar-refractivity contribution in [3.8, 4) is 17.1 Å². The molecule has 2 aromatic heterocycles. The largest absolute Gasteiger partial charge is 0.494 e. The molecule has 0 fully saturated rings. The molecule has 2 heterocycles. The van der Waals surface area contributed by atoms with E-state index in [1.807, 2.05) is 25.1 Å². The molecular formula is C17H12FN3O2. The molecule has 0 spiro atoms. The molecule has 0 bridgehead atoms. The number of rotatable bonds is 2. The molecule has 4 aromatic rings. The SMILES string of the molecule is Cc1ccc2[nH]c(-c3c(O)[nH]c4ccc(F)cc34)c(N=O)c2c1. The third kappa shape index (κ3) is 1.92. The summed E-state index contributed by atoms with van der Waals surface area (Å²) in [5, 5.41) is 14.5. The minimum Gasteiger partial charge on any atom is -0.494 e. The van der Waals surface area contributed by atoms with Crippen molar-refractivity contribution >= 4 is 27.5 Å². The summed E-state index contributed by atoms with van der Waals surface area (Å²) < 4.78 is 13.6. The second-order valence-corrected chi connectivity index (χ2v) is 5.53. The van der Waals surface area contributed by atoms with Gasteiger partial charge in [-0.2, -0.15) is 0 Å². The number of hydrogen-bond acceptors (Lipinski definition) is 3. The van der Waals surface area contributed by atoms with E-state index in [1.165, 1.54) is 18.2 Å². The van der Waals surface area contributed by atoms with Crippen molar-refractivity contribution < 1.29 is 9.50 Å². The zero-order valence-electron chi connectivity index (χ0n) is 12.1. The van der Waals surface area contributed by atoms with E-state index in [-0.39, 0.29) is 11.6 Å². The molecule has 0 saturated heterocycles.